The molecule has 7 heteroatoms. The van der Waals surface area contributed by atoms with Gasteiger partial charge in [0.05, 0.1) is 10.6 Å². The van der Waals surface area contributed by atoms with Crippen LogP contribution in [0.15, 0.2) is 30.3 Å². The maximum absolute atomic E-state index is 13.7. The normalized spacial score (nSPS) is 11.4. The number of aryl methyl sites for hydroxylation is 1. The lowest BCUT2D eigenvalue weighted by Gasteiger charge is -2.16. The summed E-state index contributed by atoms with van der Waals surface area (Å²) in [5.41, 5.74) is -0.357. The average molecular weight is 423 g/mol. The molecule has 0 aliphatic carbocycles. The molecule has 154 valence electrons. The van der Waals surface area contributed by atoms with Crippen LogP contribution in [0, 0.1) is 17.0 Å². The van der Waals surface area contributed by atoms with Crippen LogP contribution in [0.25, 0.3) is 0 Å². The Balaban J connectivity index is 2.23. The Morgan fingerprint density at radius 1 is 1.00 bits per heavy atom. The Hall–Kier alpha value is -2.60. The van der Waals surface area contributed by atoms with Crippen LogP contribution in [0.2, 0.25) is 5.02 Å². The highest BCUT2D eigenvalue weighted by atomic mass is 35.5. The quantitative estimate of drug-likeness (QED) is 0.615. The summed E-state index contributed by atoms with van der Waals surface area (Å²) < 4.78 is 27.2. The van der Waals surface area contributed by atoms with Crippen molar-refractivity contribution >= 4 is 29.1 Å². The number of benzene rings is 2. The van der Waals surface area contributed by atoms with Crippen LogP contribution in [0.4, 0.5) is 8.78 Å². The van der Waals surface area contributed by atoms with E-state index in [2.05, 4.69) is 0 Å². The molecule has 2 aromatic carbocycles. The standard InChI is InChI=1S/C22H21ClF2O4/c1-22(2,3)19(27)7-5-12-4-6-16(23)14(8-12)18(26)11-13-9-15(21(28)29)20(25)17(24)10-13/h4,6,8-10H,5,7,11H2,1-3H3,(H,28,29). The lowest BCUT2D eigenvalue weighted by molar-refractivity contribution is -0.126. The van der Waals surface area contributed by atoms with Gasteiger partial charge in [-0.1, -0.05) is 38.4 Å². The van der Waals surface area contributed by atoms with Crippen molar-refractivity contribution in [1.82, 2.24) is 0 Å². The van der Waals surface area contributed by atoms with Gasteiger partial charge in [-0.15, -0.1) is 0 Å². The zero-order chi connectivity index (χ0) is 21.9. The molecule has 29 heavy (non-hydrogen) atoms. The molecule has 0 fully saturated rings. The van der Waals surface area contributed by atoms with Crippen LogP contribution in [-0.2, 0) is 17.6 Å². The molecule has 0 atom stereocenters. The molecule has 0 radical (unpaired) electrons. The number of hydrogen-bond acceptors (Lipinski definition) is 3. The Morgan fingerprint density at radius 3 is 2.21 bits per heavy atom. The van der Waals surface area contributed by atoms with E-state index in [4.69, 9.17) is 16.7 Å². The first-order chi connectivity index (χ1) is 13.4. The highest BCUT2D eigenvalue weighted by Crippen LogP contribution is 2.24. The molecule has 0 aliphatic heterocycles. The van der Waals surface area contributed by atoms with E-state index in [1.807, 2.05) is 20.8 Å². The molecule has 2 rings (SSSR count). The Kier molecular flexibility index (Phi) is 6.90. The second-order valence-corrected chi connectivity index (χ2v) is 8.24. The van der Waals surface area contributed by atoms with Gasteiger partial charge >= 0.3 is 5.97 Å². The molecule has 0 aromatic heterocycles. The Bertz CT molecular complexity index is 978. The number of aromatic carboxylic acids is 1. The van der Waals surface area contributed by atoms with Gasteiger partial charge in [0.1, 0.15) is 5.78 Å². The van der Waals surface area contributed by atoms with E-state index in [0.29, 0.717) is 12.8 Å². The lowest BCUT2D eigenvalue weighted by atomic mass is 9.87. The third-order valence-electron chi connectivity index (χ3n) is 4.49. The fourth-order valence-electron chi connectivity index (χ4n) is 2.76. The lowest BCUT2D eigenvalue weighted by Crippen LogP contribution is -2.20. The van der Waals surface area contributed by atoms with Crippen LogP contribution >= 0.6 is 11.6 Å². The minimum atomic E-state index is -1.63. The summed E-state index contributed by atoms with van der Waals surface area (Å²) in [6.07, 6.45) is 0.396. The first-order valence-corrected chi connectivity index (χ1v) is 9.34. The maximum atomic E-state index is 13.7. The number of Topliss-reactive ketones (excluding diaryl/α,β-unsaturated/α-hetero) is 2. The number of halogens is 3. The first-order valence-electron chi connectivity index (χ1n) is 8.96. The number of carboxylic acid groups (broad SMARTS) is 1. The third kappa shape index (κ3) is 5.70. The largest absolute Gasteiger partial charge is 0.478 e. The van der Waals surface area contributed by atoms with Crippen LogP contribution in [-0.4, -0.2) is 22.6 Å². The van der Waals surface area contributed by atoms with Gasteiger partial charge in [0.25, 0.3) is 0 Å². The van der Waals surface area contributed by atoms with Crippen molar-refractivity contribution in [2.24, 2.45) is 5.41 Å². The fourth-order valence-corrected chi connectivity index (χ4v) is 2.98. The van der Waals surface area contributed by atoms with Crippen molar-refractivity contribution < 1.29 is 28.3 Å². The van der Waals surface area contributed by atoms with Crippen molar-refractivity contribution in [2.75, 3.05) is 0 Å². The van der Waals surface area contributed by atoms with E-state index in [1.165, 1.54) is 0 Å². The molecular weight excluding hydrogens is 402 g/mol. The molecule has 0 saturated heterocycles. The second-order valence-electron chi connectivity index (χ2n) is 7.83. The second kappa shape index (κ2) is 8.82. The van der Waals surface area contributed by atoms with Crippen LogP contribution < -0.4 is 0 Å². The van der Waals surface area contributed by atoms with E-state index < -0.39 is 34.4 Å². The van der Waals surface area contributed by atoms with E-state index in [1.54, 1.807) is 18.2 Å². The molecule has 0 saturated carbocycles. The molecule has 0 amide bonds. The number of carboxylic acids is 1. The van der Waals surface area contributed by atoms with Crippen molar-refractivity contribution in [1.29, 1.82) is 0 Å². The smallest absolute Gasteiger partial charge is 0.338 e. The summed E-state index contributed by atoms with van der Waals surface area (Å²) in [6, 6.07) is 6.55. The molecule has 0 aliphatic rings. The van der Waals surface area contributed by atoms with E-state index in [9.17, 15) is 23.2 Å². The van der Waals surface area contributed by atoms with Gasteiger partial charge in [-0.2, -0.15) is 0 Å². The number of carbonyl (C=O) groups is 3. The number of carbonyl (C=O) groups excluding carboxylic acids is 2. The Labute approximate surface area is 172 Å². The van der Waals surface area contributed by atoms with Gasteiger partial charge < -0.3 is 5.11 Å². The SMILES string of the molecule is CC(C)(C)C(=O)CCc1ccc(Cl)c(C(=O)Cc2cc(F)c(F)c(C(=O)O)c2)c1. The summed E-state index contributed by atoms with van der Waals surface area (Å²) in [6.45, 7) is 5.50. The number of hydrogen-bond donors (Lipinski definition) is 1. The maximum Gasteiger partial charge on any atom is 0.338 e. The number of rotatable bonds is 7. The molecule has 0 heterocycles. The van der Waals surface area contributed by atoms with Gasteiger partial charge in [-0.25, -0.2) is 13.6 Å². The summed E-state index contributed by atoms with van der Waals surface area (Å²) in [5.74, 6) is -4.82. The summed E-state index contributed by atoms with van der Waals surface area (Å²) >= 11 is 6.11. The minimum absolute atomic E-state index is 0.0238. The van der Waals surface area contributed by atoms with Crippen molar-refractivity contribution in [3.8, 4) is 0 Å². The van der Waals surface area contributed by atoms with E-state index >= 15 is 0 Å². The first kappa shape index (κ1) is 22.7. The van der Waals surface area contributed by atoms with E-state index in [-0.39, 0.29) is 28.4 Å². The van der Waals surface area contributed by atoms with Gasteiger partial charge in [0.2, 0.25) is 0 Å². The van der Waals surface area contributed by atoms with Crippen LogP contribution in [0.3, 0.4) is 0 Å². The summed E-state index contributed by atoms with van der Waals surface area (Å²) in [5, 5.41) is 9.15. The van der Waals surface area contributed by atoms with Crippen molar-refractivity contribution in [3.05, 3.63) is 69.2 Å². The van der Waals surface area contributed by atoms with Crippen LogP contribution in [0.1, 0.15) is 59.0 Å². The molecule has 0 bridgehead atoms. The van der Waals surface area contributed by atoms with Gasteiger partial charge in [-0.05, 0) is 41.8 Å². The molecule has 2 aromatic rings. The summed E-state index contributed by atoms with van der Waals surface area (Å²) in [4.78, 5) is 35.8. The van der Waals surface area contributed by atoms with Gasteiger partial charge in [-0.3, -0.25) is 9.59 Å². The minimum Gasteiger partial charge on any atom is -0.478 e. The topological polar surface area (TPSA) is 71.4 Å². The molecule has 0 spiro atoms. The molecule has 1 N–H and O–H groups in total. The molecule has 0 unspecified atom stereocenters. The average Bonchev–Trinajstić information content (AvgIpc) is 2.62. The molecule has 4 nitrogen and oxygen atoms in total. The monoisotopic (exact) mass is 422 g/mol. The highest BCUT2D eigenvalue weighted by Gasteiger charge is 2.22. The zero-order valence-corrected chi connectivity index (χ0v) is 17.1. The third-order valence-corrected chi connectivity index (χ3v) is 4.82. The van der Waals surface area contributed by atoms with Crippen molar-refractivity contribution in [3.63, 3.8) is 0 Å². The summed E-state index contributed by atoms with van der Waals surface area (Å²) in [7, 11) is 0. The molecular formula is C22H21ClF2O4. The predicted octanol–water partition coefficient (Wildman–Crippen LogP) is 5.29. The van der Waals surface area contributed by atoms with Crippen molar-refractivity contribution in [2.45, 2.75) is 40.0 Å². The van der Waals surface area contributed by atoms with Gasteiger partial charge in [0.15, 0.2) is 17.4 Å². The Morgan fingerprint density at radius 2 is 1.62 bits per heavy atom. The van der Waals surface area contributed by atoms with E-state index in [0.717, 1.165) is 17.7 Å². The number of ketones is 2. The van der Waals surface area contributed by atoms with Crippen LogP contribution in [0.5, 0.6) is 0 Å². The zero-order valence-electron chi connectivity index (χ0n) is 16.3. The van der Waals surface area contributed by atoms with Gasteiger partial charge in [0, 0.05) is 23.8 Å². The predicted molar refractivity (Wildman–Crippen MR) is 106 cm³/mol. The fraction of sp³-hybridized carbons (Fsp3) is 0.318. The highest BCUT2D eigenvalue weighted by molar-refractivity contribution is 6.34.